The molecule has 5 rings (SSSR count). The van der Waals surface area contributed by atoms with Crippen LogP contribution in [0.15, 0.2) is 59.0 Å². The molecule has 154 valence electrons. The molecule has 0 saturated carbocycles. The Bertz CT molecular complexity index is 1140. The number of hydrazone groups is 1. The number of para-hydroxylation sites is 1. The Morgan fingerprint density at radius 1 is 1.17 bits per heavy atom. The molecule has 30 heavy (non-hydrogen) atoms. The minimum Gasteiger partial charge on any atom is -0.492 e. The van der Waals surface area contributed by atoms with Crippen molar-refractivity contribution in [2.24, 2.45) is 11.0 Å². The Morgan fingerprint density at radius 2 is 1.90 bits per heavy atom. The molecule has 3 aromatic rings. The zero-order valence-corrected chi connectivity index (χ0v) is 16.5. The van der Waals surface area contributed by atoms with Crippen molar-refractivity contribution in [1.82, 2.24) is 4.98 Å². The number of ether oxygens (including phenoxy) is 1. The SMILES string of the molecule is Cc1ccc(-c2csc(N3N=C4c5ccccc5OCC4C3(O)C(F)(F)F)n2)cc1. The molecule has 5 nitrogen and oxygen atoms in total. The number of halogens is 3. The van der Waals surface area contributed by atoms with Crippen molar-refractivity contribution in [2.45, 2.75) is 18.8 Å². The quantitative estimate of drug-likeness (QED) is 0.644. The monoisotopic (exact) mass is 431 g/mol. The predicted molar refractivity (Wildman–Crippen MR) is 108 cm³/mol. The molecule has 3 heterocycles. The van der Waals surface area contributed by atoms with E-state index < -0.39 is 17.8 Å². The summed E-state index contributed by atoms with van der Waals surface area (Å²) in [6.45, 7) is 1.61. The molecule has 1 aromatic heterocycles. The Kier molecular flexibility index (Phi) is 4.16. The van der Waals surface area contributed by atoms with Gasteiger partial charge in [-0.3, -0.25) is 0 Å². The standard InChI is InChI=1S/C21H16F3N3O2S/c1-12-6-8-13(9-7-12)16-11-30-19(25-16)27-20(28,21(22,23)24)15-10-29-17-5-3-2-4-14(17)18(15)26-27/h2-9,11,15,28H,10H2,1H3. The van der Waals surface area contributed by atoms with Gasteiger partial charge in [0.25, 0.3) is 5.72 Å². The molecular formula is C21H16F3N3O2S. The maximum atomic E-state index is 14.2. The van der Waals surface area contributed by atoms with Crippen molar-refractivity contribution >= 4 is 22.2 Å². The second-order valence-corrected chi connectivity index (χ2v) is 8.10. The summed E-state index contributed by atoms with van der Waals surface area (Å²) in [7, 11) is 0. The van der Waals surface area contributed by atoms with Crippen LogP contribution in [-0.2, 0) is 0 Å². The molecule has 0 radical (unpaired) electrons. The zero-order chi connectivity index (χ0) is 21.1. The van der Waals surface area contributed by atoms with Crippen LogP contribution in [0.25, 0.3) is 11.3 Å². The highest BCUT2D eigenvalue weighted by molar-refractivity contribution is 7.14. The fourth-order valence-corrected chi connectivity index (χ4v) is 4.57. The van der Waals surface area contributed by atoms with Crippen molar-refractivity contribution in [2.75, 3.05) is 11.6 Å². The number of nitrogens with zero attached hydrogens (tertiary/aromatic N) is 3. The second kappa shape index (κ2) is 6.55. The molecule has 0 aliphatic carbocycles. The Balaban J connectivity index is 1.61. The summed E-state index contributed by atoms with van der Waals surface area (Å²) in [5.41, 5.74) is -0.312. The number of aryl methyl sites for hydroxylation is 1. The van der Waals surface area contributed by atoms with Gasteiger partial charge in [0.05, 0.1) is 17.3 Å². The highest BCUT2D eigenvalue weighted by Gasteiger charge is 2.69. The van der Waals surface area contributed by atoms with Gasteiger partial charge in [0.2, 0.25) is 5.13 Å². The molecule has 0 fully saturated rings. The molecular weight excluding hydrogens is 415 g/mol. The van der Waals surface area contributed by atoms with Gasteiger partial charge in [-0.2, -0.15) is 23.3 Å². The first-order valence-corrected chi connectivity index (χ1v) is 10.1. The van der Waals surface area contributed by atoms with Crippen LogP contribution < -0.4 is 9.75 Å². The number of rotatable bonds is 2. The summed E-state index contributed by atoms with van der Waals surface area (Å²) in [4.78, 5) is 4.35. The third-order valence-corrected chi connectivity index (χ3v) is 6.17. The van der Waals surface area contributed by atoms with Gasteiger partial charge in [0.15, 0.2) is 0 Å². The summed E-state index contributed by atoms with van der Waals surface area (Å²) in [6, 6.07) is 14.2. The van der Waals surface area contributed by atoms with Crippen molar-refractivity contribution in [1.29, 1.82) is 0 Å². The molecule has 2 aromatic carbocycles. The number of fused-ring (bicyclic) bond motifs is 3. The second-order valence-electron chi connectivity index (χ2n) is 7.26. The first kappa shape index (κ1) is 19.1. The van der Waals surface area contributed by atoms with Gasteiger partial charge in [-0.05, 0) is 19.1 Å². The van der Waals surface area contributed by atoms with Crippen LogP contribution in [0.5, 0.6) is 5.75 Å². The molecule has 0 bridgehead atoms. The fraction of sp³-hybridized carbons (Fsp3) is 0.238. The van der Waals surface area contributed by atoms with E-state index in [0.717, 1.165) is 22.5 Å². The van der Waals surface area contributed by atoms with Gasteiger partial charge in [0, 0.05) is 16.5 Å². The number of aromatic nitrogens is 1. The van der Waals surface area contributed by atoms with Crippen LogP contribution >= 0.6 is 11.3 Å². The van der Waals surface area contributed by atoms with E-state index in [1.165, 1.54) is 0 Å². The first-order valence-electron chi connectivity index (χ1n) is 9.21. The smallest absolute Gasteiger partial charge is 0.439 e. The summed E-state index contributed by atoms with van der Waals surface area (Å²) < 4.78 is 48.0. The van der Waals surface area contributed by atoms with Crippen molar-refractivity contribution in [3.05, 3.63) is 65.0 Å². The topological polar surface area (TPSA) is 58.0 Å². The molecule has 0 spiro atoms. The summed E-state index contributed by atoms with van der Waals surface area (Å²) in [5.74, 6) is -0.947. The zero-order valence-electron chi connectivity index (χ0n) is 15.7. The molecule has 2 aliphatic rings. The lowest BCUT2D eigenvalue weighted by Crippen LogP contribution is -2.61. The number of anilines is 1. The summed E-state index contributed by atoms with van der Waals surface area (Å²) in [6.07, 6.45) is -4.98. The third-order valence-electron chi connectivity index (χ3n) is 5.35. The predicted octanol–water partition coefficient (Wildman–Crippen LogP) is 4.60. The molecule has 0 amide bonds. The Morgan fingerprint density at radius 3 is 2.63 bits per heavy atom. The Labute approximate surface area is 174 Å². The van der Waals surface area contributed by atoms with Crippen molar-refractivity contribution in [3.63, 3.8) is 0 Å². The molecule has 9 heteroatoms. The van der Waals surface area contributed by atoms with E-state index in [9.17, 15) is 18.3 Å². The largest absolute Gasteiger partial charge is 0.492 e. The third kappa shape index (κ3) is 2.73. The fourth-order valence-electron chi connectivity index (χ4n) is 3.73. The van der Waals surface area contributed by atoms with Crippen LogP contribution in [-0.4, -0.2) is 34.3 Å². The van der Waals surface area contributed by atoms with E-state index in [-0.39, 0.29) is 17.5 Å². The van der Waals surface area contributed by atoms with E-state index in [2.05, 4.69) is 10.1 Å². The van der Waals surface area contributed by atoms with Gasteiger partial charge in [-0.25, -0.2) is 4.98 Å². The molecule has 1 N–H and O–H groups in total. The number of hydrogen-bond donors (Lipinski definition) is 1. The van der Waals surface area contributed by atoms with Crippen LogP contribution in [0.2, 0.25) is 0 Å². The van der Waals surface area contributed by atoms with Crippen molar-refractivity contribution < 1.29 is 23.0 Å². The average Bonchev–Trinajstić information content (AvgIpc) is 3.32. The first-order chi connectivity index (χ1) is 14.3. The molecule has 2 aliphatic heterocycles. The summed E-state index contributed by atoms with van der Waals surface area (Å²) in [5, 5.41) is 17.4. The number of hydrogen-bond acceptors (Lipinski definition) is 6. The average molecular weight is 431 g/mol. The number of alkyl halides is 3. The molecule has 2 atom stereocenters. The van der Waals surface area contributed by atoms with Gasteiger partial charge in [0.1, 0.15) is 12.4 Å². The van der Waals surface area contributed by atoms with E-state index >= 15 is 0 Å². The minimum atomic E-state index is -4.98. The lowest BCUT2D eigenvalue weighted by atomic mass is 9.86. The molecule has 2 unspecified atom stereocenters. The lowest BCUT2D eigenvalue weighted by molar-refractivity contribution is -0.270. The van der Waals surface area contributed by atoms with E-state index in [1.54, 1.807) is 29.6 Å². The maximum Gasteiger partial charge on any atom is 0.439 e. The van der Waals surface area contributed by atoms with Gasteiger partial charge >= 0.3 is 6.18 Å². The maximum absolute atomic E-state index is 14.2. The highest BCUT2D eigenvalue weighted by Crippen LogP contribution is 2.50. The number of thiazole rings is 1. The number of aliphatic hydroxyl groups is 1. The van der Waals surface area contributed by atoms with Crippen LogP contribution in [0, 0.1) is 12.8 Å². The highest BCUT2D eigenvalue weighted by atomic mass is 32.1. The van der Waals surface area contributed by atoms with Gasteiger partial charge in [-0.1, -0.05) is 42.0 Å². The van der Waals surface area contributed by atoms with E-state index in [0.29, 0.717) is 22.0 Å². The normalized spacial score (nSPS) is 22.9. The van der Waals surface area contributed by atoms with E-state index in [1.807, 2.05) is 31.2 Å². The van der Waals surface area contributed by atoms with Crippen LogP contribution in [0.3, 0.4) is 0 Å². The lowest BCUT2D eigenvalue weighted by Gasteiger charge is -2.38. The van der Waals surface area contributed by atoms with Crippen LogP contribution in [0.4, 0.5) is 18.3 Å². The number of benzene rings is 2. The van der Waals surface area contributed by atoms with E-state index in [4.69, 9.17) is 4.74 Å². The van der Waals surface area contributed by atoms with Crippen molar-refractivity contribution in [3.8, 4) is 17.0 Å². The summed E-state index contributed by atoms with van der Waals surface area (Å²) >= 11 is 0.998. The Hall–Kier alpha value is -2.91. The van der Waals surface area contributed by atoms with Gasteiger partial charge < -0.3 is 9.84 Å². The van der Waals surface area contributed by atoms with Gasteiger partial charge in [-0.15, -0.1) is 11.3 Å². The van der Waals surface area contributed by atoms with Crippen LogP contribution in [0.1, 0.15) is 11.1 Å². The molecule has 0 saturated heterocycles. The minimum absolute atomic E-state index is 0.0372.